The molecule has 20 heavy (non-hydrogen) atoms. The van der Waals surface area contributed by atoms with Crippen LogP contribution in [0.2, 0.25) is 0 Å². The Bertz CT molecular complexity index is 528. The topological polar surface area (TPSA) is 49.7 Å². The molecule has 2 aromatic rings. The van der Waals surface area contributed by atoms with Gasteiger partial charge in [-0.25, -0.2) is 0 Å². The monoisotopic (exact) mass is 273 g/mol. The molecule has 0 aromatic carbocycles. The van der Waals surface area contributed by atoms with E-state index in [2.05, 4.69) is 50.9 Å². The first-order chi connectivity index (χ1) is 9.75. The molecule has 1 N–H and O–H groups in total. The molecule has 2 aromatic heterocycles. The van der Waals surface area contributed by atoms with Crippen molar-refractivity contribution < 1.29 is 0 Å². The van der Waals surface area contributed by atoms with E-state index in [4.69, 9.17) is 0 Å². The van der Waals surface area contributed by atoms with Crippen molar-refractivity contribution in [2.24, 2.45) is 0 Å². The molecule has 0 amide bonds. The first-order valence-corrected chi connectivity index (χ1v) is 7.51. The van der Waals surface area contributed by atoms with Crippen molar-refractivity contribution in [2.75, 3.05) is 6.54 Å². The lowest BCUT2D eigenvalue weighted by atomic mass is 9.99. The van der Waals surface area contributed by atoms with Crippen LogP contribution in [0.3, 0.4) is 0 Å². The summed E-state index contributed by atoms with van der Waals surface area (Å²) in [6.07, 6.45) is 7.53. The maximum absolute atomic E-state index is 4.44. The Morgan fingerprint density at radius 3 is 2.95 bits per heavy atom. The molecular formula is C15H23N5. The van der Waals surface area contributed by atoms with E-state index in [9.17, 15) is 0 Å². The Morgan fingerprint density at radius 2 is 2.20 bits per heavy atom. The minimum absolute atomic E-state index is 0.412. The molecular weight excluding hydrogens is 250 g/mol. The summed E-state index contributed by atoms with van der Waals surface area (Å²) >= 11 is 0. The molecule has 108 valence electrons. The van der Waals surface area contributed by atoms with Crippen LogP contribution in [0.25, 0.3) is 0 Å². The third-order valence-corrected chi connectivity index (χ3v) is 4.10. The van der Waals surface area contributed by atoms with Crippen molar-refractivity contribution in [1.82, 2.24) is 24.9 Å². The zero-order valence-electron chi connectivity index (χ0n) is 12.3. The molecule has 0 radical (unpaired) electrons. The second-order valence-corrected chi connectivity index (χ2v) is 5.85. The molecule has 1 aliphatic rings. The van der Waals surface area contributed by atoms with E-state index < -0.39 is 0 Å². The standard InChI is InChI=1S/C15H23N5/c1-12(2)20-13(6-9-17-20)11-19-10-4-3-5-15(19)14-7-8-16-18-14/h6-9,12,15H,3-5,10-11H2,1-2H3,(H,16,18)/t15-/m0/s1. The van der Waals surface area contributed by atoms with E-state index in [0.29, 0.717) is 12.1 Å². The lowest BCUT2D eigenvalue weighted by Gasteiger charge is -2.35. The highest BCUT2D eigenvalue weighted by Crippen LogP contribution is 2.31. The third-order valence-electron chi connectivity index (χ3n) is 4.10. The summed E-state index contributed by atoms with van der Waals surface area (Å²) in [4.78, 5) is 2.55. The van der Waals surface area contributed by atoms with Crippen LogP contribution in [-0.4, -0.2) is 31.4 Å². The van der Waals surface area contributed by atoms with Crippen molar-refractivity contribution in [2.45, 2.75) is 51.7 Å². The van der Waals surface area contributed by atoms with Crippen LogP contribution in [0.5, 0.6) is 0 Å². The lowest BCUT2D eigenvalue weighted by Crippen LogP contribution is -2.34. The zero-order chi connectivity index (χ0) is 13.9. The van der Waals surface area contributed by atoms with Gasteiger partial charge >= 0.3 is 0 Å². The van der Waals surface area contributed by atoms with Crippen LogP contribution >= 0.6 is 0 Å². The lowest BCUT2D eigenvalue weighted by molar-refractivity contribution is 0.132. The van der Waals surface area contributed by atoms with Crippen molar-refractivity contribution in [3.63, 3.8) is 0 Å². The van der Waals surface area contributed by atoms with Crippen LogP contribution in [-0.2, 0) is 6.54 Å². The summed E-state index contributed by atoms with van der Waals surface area (Å²) < 4.78 is 2.12. The zero-order valence-corrected chi connectivity index (χ0v) is 12.3. The van der Waals surface area contributed by atoms with Gasteiger partial charge in [0.25, 0.3) is 0 Å². The van der Waals surface area contributed by atoms with E-state index in [0.717, 1.165) is 13.1 Å². The Morgan fingerprint density at radius 1 is 1.30 bits per heavy atom. The van der Waals surface area contributed by atoms with E-state index in [1.807, 2.05) is 12.4 Å². The van der Waals surface area contributed by atoms with Crippen molar-refractivity contribution in [1.29, 1.82) is 0 Å². The van der Waals surface area contributed by atoms with Gasteiger partial charge in [0, 0.05) is 25.0 Å². The van der Waals surface area contributed by atoms with Crippen molar-refractivity contribution in [3.05, 3.63) is 35.9 Å². The number of H-pyrrole nitrogens is 1. The maximum Gasteiger partial charge on any atom is 0.0527 e. The van der Waals surface area contributed by atoms with Gasteiger partial charge in [0.1, 0.15) is 0 Å². The normalized spacial score (nSPS) is 20.6. The largest absolute Gasteiger partial charge is 0.289 e. The molecule has 1 saturated heterocycles. The van der Waals surface area contributed by atoms with Gasteiger partial charge in [-0.1, -0.05) is 6.42 Å². The van der Waals surface area contributed by atoms with Crippen LogP contribution in [0.15, 0.2) is 24.5 Å². The molecule has 3 heterocycles. The summed E-state index contributed by atoms with van der Waals surface area (Å²) in [7, 11) is 0. The van der Waals surface area contributed by atoms with E-state index in [1.165, 1.54) is 30.7 Å². The quantitative estimate of drug-likeness (QED) is 0.932. The molecule has 0 spiro atoms. The number of nitrogens with zero attached hydrogens (tertiary/aromatic N) is 4. The number of likely N-dealkylation sites (tertiary alicyclic amines) is 1. The Kier molecular flexibility index (Phi) is 3.87. The van der Waals surface area contributed by atoms with Gasteiger partial charge in [-0.15, -0.1) is 0 Å². The van der Waals surface area contributed by atoms with E-state index in [1.54, 1.807) is 0 Å². The van der Waals surface area contributed by atoms with Crippen LogP contribution in [0.1, 0.15) is 56.6 Å². The number of piperidine rings is 1. The Labute approximate surface area is 120 Å². The summed E-state index contributed by atoms with van der Waals surface area (Å²) in [5.41, 5.74) is 2.53. The minimum atomic E-state index is 0.412. The molecule has 5 nitrogen and oxygen atoms in total. The Hall–Kier alpha value is -1.62. The van der Waals surface area contributed by atoms with Gasteiger partial charge in [-0.3, -0.25) is 14.7 Å². The van der Waals surface area contributed by atoms with Crippen LogP contribution in [0, 0.1) is 0 Å². The fourth-order valence-corrected chi connectivity index (χ4v) is 3.12. The number of rotatable bonds is 4. The van der Waals surface area contributed by atoms with Crippen molar-refractivity contribution >= 4 is 0 Å². The van der Waals surface area contributed by atoms with Crippen LogP contribution < -0.4 is 0 Å². The van der Waals surface area contributed by atoms with Gasteiger partial charge in [0.2, 0.25) is 0 Å². The second kappa shape index (κ2) is 5.79. The van der Waals surface area contributed by atoms with Gasteiger partial charge < -0.3 is 0 Å². The first kappa shape index (κ1) is 13.4. The highest BCUT2D eigenvalue weighted by Gasteiger charge is 2.25. The van der Waals surface area contributed by atoms with Gasteiger partial charge in [-0.2, -0.15) is 10.2 Å². The van der Waals surface area contributed by atoms with E-state index in [-0.39, 0.29) is 0 Å². The SMILES string of the molecule is CC(C)n1nccc1CN1CCCC[C@H]1c1ccn[nH]1. The summed E-state index contributed by atoms with van der Waals surface area (Å²) in [6.45, 7) is 6.47. The third kappa shape index (κ3) is 2.63. The van der Waals surface area contributed by atoms with Gasteiger partial charge in [-0.05, 0) is 45.4 Å². The number of nitrogens with one attached hydrogen (secondary N) is 1. The molecule has 1 atom stereocenters. The molecule has 1 aliphatic heterocycles. The predicted molar refractivity (Wildman–Crippen MR) is 78.2 cm³/mol. The molecule has 0 aliphatic carbocycles. The number of hydrogen-bond acceptors (Lipinski definition) is 3. The molecule has 5 heteroatoms. The smallest absolute Gasteiger partial charge is 0.0527 e. The molecule has 3 rings (SSSR count). The van der Waals surface area contributed by atoms with Crippen LogP contribution in [0.4, 0.5) is 0 Å². The van der Waals surface area contributed by atoms with E-state index >= 15 is 0 Å². The maximum atomic E-state index is 4.44. The highest BCUT2D eigenvalue weighted by atomic mass is 15.3. The predicted octanol–water partition coefficient (Wildman–Crippen LogP) is 2.91. The second-order valence-electron chi connectivity index (χ2n) is 5.85. The van der Waals surface area contributed by atoms with Gasteiger partial charge in [0.15, 0.2) is 0 Å². The fraction of sp³-hybridized carbons (Fsp3) is 0.600. The Balaban J connectivity index is 1.79. The molecule has 0 unspecified atom stereocenters. The molecule has 1 fully saturated rings. The van der Waals surface area contributed by atoms with Gasteiger partial charge in [0.05, 0.1) is 17.4 Å². The first-order valence-electron chi connectivity index (χ1n) is 7.51. The average molecular weight is 273 g/mol. The fourth-order valence-electron chi connectivity index (χ4n) is 3.12. The number of aromatic nitrogens is 4. The number of aromatic amines is 1. The highest BCUT2D eigenvalue weighted by molar-refractivity contribution is 5.08. The van der Waals surface area contributed by atoms with Crippen molar-refractivity contribution in [3.8, 4) is 0 Å². The summed E-state index contributed by atoms with van der Waals surface area (Å²) in [5, 5.41) is 11.7. The average Bonchev–Trinajstić information content (AvgIpc) is 3.09. The summed E-state index contributed by atoms with van der Waals surface area (Å²) in [5.74, 6) is 0. The molecule has 0 bridgehead atoms. The number of hydrogen-bond donors (Lipinski definition) is 1. The summed E-state index contributed by atoms with van der Waals surface area (Å²) in [6, 6.07) is 5.11. The minimum Gasteiger partial charge on any atom is -0.289 e. The molecule has 0 saturated carbocycles.